The van der Waals surface area contributed by atoms with Gasteiger partial charge in [0, 0.05) is 13.0 Å². The Bertz CT molecular complexity index is 414. The number of benzene rings is 1. The zero-order chi connectivity index (χ0) is 12.3. The molecule has 1 aromatic rings. The van der Waals surface area contributed by atoms with Gasteiger partial charge in [0.2, 0.25) is 5.91 Å². The molecular weight excluding hydrogens is 216 g/mol. The topological polar surface area (TPSA) is 64.3 Å². The molecule has 92 valence electrons. The maximum atomic E-state index is 11.5. The Morgan fingerprint density at radius 2 is 2.29 bits per heavy atom. The van der Waals surface area contributed by atoms with E-state index in [-0.39, 0.29) is 5.91 Å². The zero-order valence-corrected chi connectivity index (χ0v) is 10.0. The van der Waals surface area contributed by atoms with E-state index in [1.807, 2.05) is 18.2 Å². The highest BCUT2D eigenvalue weighted by Crippen LogP contribution is 2.32. The second-order valence-corrected chi connectivity index (χ2v) is 4.50. The number of carbonyl (C=O) groups excluding carboxylic acids is 1. The lowest BCUT2D eigenvalue weighted by atomic mass is 10.2. The van der Waals surface area contributed by atoms with E-state index < -0.39 is 0 Å². The van der Waals surface area contributed by atoms with Crippen molar-refractivity contribution in [2.75, 3.05) is 12.8 Å². The third-order valence-electron chi connectivity index (χ3n) is 2.95. The van der Waals surface area contributed by atoms with E-state index in [0.717, 1.165) is 5.56 Å². The van der Waals surface area contributed by atoms with Crippen LogP contribution < -0.4 is 15.8 Å². The van der Waals surface area contributed by atoms with E-state index >= 15 is 0 Å². The van der Waals surface area contributed by atoms with Crippen LogP contribution in [0.4, 0.5) is 5.69 Å². The fourth-order valence-corrected chi connectivity index (χ4v) is 1.75. The number of hydrogen-bond donors (Lipinski definition) is 2. The molecule has 1 amide bonds. The van der Waals surface area contributed by atoms with Crippen molar-refractivity contribution in [3.63, 3.8) is 0 Å². The summed E-state index contributed by atoms with van der Waals surface area (Å²) >= 11 is 0. The third-order valence-corrected chi connectivity index (χ3v) is 2.95. The summed E-state index contributed by atoms with van der Waals surface area (Å²) in [4.78, 5) is 11.5. The number of nitrogens with one attached hydrogen (secondary N) is 1. The van der Waals surface area contributed by atoms with Gasteiger partial charge >= 0.3 is 0 Å². The summed E-state index contributed by atoms with van der Waals surface area (Å²) in [5, 5.41) is 2.90. The van der Waals surface area contributed by atoms with Crippen molar-refractivity contribution in [1.29, 1.82) is 0 Å². The lowest BCUT2D eigenvalue weighted by molar-refractivity contribution is -0.121. The molecule has 4 heteroatoms. The largest absolute Gasteiger partial charge is 0.495 e. The molecule has 0 aliphatic heterocycles. The molecule has 0 heterocycles. The summed E-state index contributed by atoms with van der Waals surface area (Å²) in [6.07, 6.45) is 3.05. The van der Waals surface area contributed by atoms with Crippen LogP contribution in [-0.4, -0.2) is 13.0 Å². The van der Waals surface area contributed by atoms with Gasteiger partial charge in [0.05, 0.1) is 12.8 Å². The number of nitrogen functional groups attached to an aromatic ring is 1. The molecule has 0 bridgehead atoms. The first-order valence-corrected chi connectivity index (χ1v) is 5.88. The zero-order valence-electron chi connectivity index (χ0n) is 10.0. The normalized spacial score (nSPS) is 14.4. The Morgan fingerprint density at radius 3 is 2.88 bits per heavy atom. The highest BCUT2D eigenvalue weighted by Gasteiger charge is 2.24. The van der Waals surface area contributed by atoms with Gasteiger partial charge in [-0.25, -0.2) is 0 Å². The van der Waals surface area contributed by atoms with Gasteiger partial charge in [-0.1, -0.05) is 6.07 Å². The summed E-state index contributed by atoms with van der Waals surface area (Å²) in [6.45, 7) is 0.528. The lowest BCUT2D eigenvalue weighted by Gasteiger charge is -2.08. The Hall–Kier alpha value is -1.71. The molecule has 1 fully saturated rings. The Labute approximate surface area is 101 Å². The minimum Gasteiger partial charge on any atom is -0.495 e. The van der Waals surface area contributed by atoms with Crippen molar-refractivity contribution >= 4 is 11.6 Å². The van der Waals surface area contributed by atoms with E-state index in [2.05, 4.69) is 5.32 Å². The summed E-state index contributed by atoms with van der Waals surface area (Å²) < 4.78 is 5.07. The smallest absolute Gasteiger partial charge is 0.220 e. The van der Waals surface area contributed by atoms with Gasteiger partial charge in [-0.15, -0.1) is 0 Å². The number of rotatable bonds is 5. The predicted octanol–water partition coefficient (Wildman–Crippen LogP) is 1.69. The maximum absolute atomic E-state index is 11.5. The Morgan fingerprint density at radius 1 is 1.53 bits per heavy atom. The standard InChI is InChI=1S/C13H18N2O2/c1-17-12-5-4-10(6-11(12)14)8-15-13(16)7-9-2-3-9/h4-6,9H,2-3,7-8,14H2,1H3,(H,15,16). The van der Waals surface area contributed by atoms with E-state index in [0.29, 0.717) is 30.3 Å². The third kappa shape index (κ3) is 3.37. The summed E-state index contributed by atoms with van der Waals surface area (Å²) in [7, 11) is 1.59. The van der Waals surface area contributed by atoms with Crippen molar-refractivity contribution in [3.8, 4) is 5.75 Å². The summed E-state index contributed by atoms with van der Waals surface area (Å²) in [6, 6.07) is 5.56. The monoisotopic (exact) mass is 234 g/mol. The highest BCUT2D eigenvalue weighted by molar-refractivity contribution is 5.76. The van der Waals surface area contributed by atoms with Gasteiger partial charge in [-0.2, -0.15) is 0 Å². The number of amides is 1. The van der Waals surface area contributed by atoms with Gasteiger partial charge < -0.3 is 15.8 Å². The molecule has 0 aromatic heterocycles. The van der Waals surface area contributed by atoms with E-state index in [1.165, 1.54) is 12.8 Å². The molecule has 0 radical (unpaired) electrons. The first-order chi connectivity index (χ1) is 8.19. The molecule has 0 saturated heterocycles. The van der Waals surface area contributed by atoms with Crippen molar-refractivity contribution in [3.05, 3.63) is 23.8 Å². The molecule has 0 spiro atoms. The van der Waals surface area contributed by atoms with E-state index in [1.54, 1.807) is 7.11 Å². The van der Waals surface area contributed by atoms with Crippen molar-refractivity contribution < 1.29 is 9.53 Å². The second kappa shape index (κ2) is 5.08. The van der Waals surface area contributed by atoms with Crippen LogP contribution in [0.3, 0.4) is 0 Å². The molecule has 0 atom stereocenters. The fraction of sp³-hybridized carbons (Fsp3) is 0.462. The number of methoxy groups -OCH3 is 1. The average Bonchev–Trinajstić information content (AvgIpc) is 3.10. The van der Waals surface area contributed by atoms with Crippen molar-refractivity contribution in [1.82, 2.24) is 5.32 Å². The lowest BCUT2D eigenvalue weighted by Crippen LogP contribution is -2.22. The number of nitrogens with two attached hydrogens (primary N) is 1. The fourth-order valence-electron chi connectivity index (χ4n) is 1.75. The quantitative estimate of drug-likeness (QED) is 0.762. The highest BCUT2D eigenvalue weighted by atomic mass is 16.5. The van der Waals surface area contributed by atoms with Crippen LogP contribution >= 0.6 is 0 Å². The minimum absolute atomic E-state index is 0.127. The first-order valence-electron chi connectivity index (χ1n) is 5.88. The van der Waals surface area contributed by atoms with Crippen LogP contribution in [0.1, 0.15) is 24.8 Å². The molecule has 1 aliphatic carbocycles. The molecule has 1 saturated carbocycles. The second-order valence-electron chi connectivity index (χ2n) is 4.50. The molecule has 3 N–H and O–H groups in total. The van der Waals surface area contributed by atoms with Gasteiger partial charge in [0.25, 0.3) is 0 Å². The average molecular weight is 234 g/mol. The number of carbonyl (C=O) groups is 1. The van der Waals surface area contributed by atoms with Crippen molar-refractivity contribution in [2.24, 2.45) is 5.92 Å². The molecule has 2 rings (SSSR count). The SMILES string of the molecule is COc1ccc(CNC(=O)CC2CC2)cc1N. The first kappa shape index (κ1) is 11.8. The molecule has 1 aliphatic rings. The van der Waals surface area contributed by atoms with Gasteiger partial charge in [-0.05, 0) is 36.5 Å². The molecular formula is C13H18N2O2. The molecule has 17 heavy (non-hydrogen) atoms. The van der Waals surface area contributed by atoms with Crippen LogP contribution in [0.2, 0.25) is 0 Å². The molecule has 4 nitrogen and oxygen atoms in total. The number of ether oxygens (including phenoxy) is 1. The van der Waals surface area contributed by atoms with Crippen LogP contribution in [-0.2, 0) is 11.3 Å². The maximum Gasteiger partial charge on any atom is 0.220 e. The van der Waals surface area contributed by atoms with Gasteiger partial charge in [0.1, 0.15) is 5.75 Å². The van der Waals surface area contributed by atoms with Crippen molar-refractivity contribution in [2.45, 2.75) is 25.8 Å². The van der Waals surface area contributed by atoms with E-state index in [4.69, 9.17) is 10.5 Å². The Kier molecular flexibility index (Phi) is 3.52. The van der Waals surface area contributed by atoms with E-state index in [9.17, 15) is 4.79 Å². The van der Waals surface area contributed by atoms with Gasteiger partial charge in [-0.3, -0.25) is 4.79 Å². The number of hydrogen-bond acceptors (Lipinski definition) is 3. The molecule has 0 unspecified atom stereocenters. The van der Waals surface area contributed by atoms with Gasteiger partial charge in [0.15, 0.2) is 0 Å². The van der Waals surface area contributed by atoms with Crippen LogP contribution in [0.5, 0.6) is 5.75 Å². The Balaban J connectivity index is 1.85. The minimum atomic E-state index is 0.127. The van der Waals surface area contributed by atoms with Crippen LogP contribution in [0.15, 0.2) is 18.2 Å². The van der Waals surface area contributed by atoms with Crippen LogP contribution in [0, 0.1) is 5.92 Å². The summed E-state index contributed by atoms with van der Waals surface area (Å²) in [5.41, 5.74) is 7.38. The van der Waals surface area contributed by atoms with Crippen LogP contribution in [0.25, 0.3) is 0 Å². The predicted molar refractivity (Wildman–Crippen MR) is 66.6 cm³/mol. The summed E-state index contributed by atoms with van der Waals surface area (Å²) in [5.74, 6) is 1.41. The molecule has 1 aromatic carbocycles. The number of anilines is 1.